The summed E-state index contributed by atoms with van der Waals surface area (Å²) in [5.41, 5.74) is 0. The molecule has 2 aromatic heterocycles. The first-order valence-corrected chi connectivity index (χ1v) is 10.3. The second-order valence-electron chi connectivity index (χ2n) is 6.10. The molecular formula is C18H24N4OS2. The van der Waals surface area contributed by atoms with Crippen molar-refractivity contribution >= 4 is 33.7 Å². The zero-order valence-electron chi connectivity index (χ0n) is 14.5. The Morgan fingerprint density at radius 2 is 2.16 bits per heavy atom. The molecule has 3 heterocycles. The molecular weight excluding hydrogens is 352 g/mol. The average molecular weight is 377 g/mol. The number of amides is 1. The summed E-state index contributed by atoms with van der Waals surface area (Å²) in [7, 11) is 0. The third kappa shape index (κ3) is 4.48. The molecule has 5 nitrogen and oxygen atoms in total. The van der Waals surface area contributed by atoms with Crippen LogP contribution in [0.25, 0.3) is 0 Å². The number of carbonyl (C=O) groups excluding carboxylic acids is 1. The van der Waals surface area contributed by atoms with Crippen molar-refractivity contribution in [2.45, 2.75) is 19.5 Å². The third-order valence-corrected chi connectivity index (χ3v) is 6.19. The summed E-state index contributed by atoms with van der Waals surface area (Å²) >= 11 is 3.36. The Labute approximate surface area is 157 Å². The van der Waals surface area contributed by atoms with E-state index in [1.54, 1.807) is 28.7 Å². The number of rotatable bonds is 7. The third-order valence-electron chi connectivity index (χ3n) is 4.50. The van der Waals surface area contributed by atoms with Gasteiger partial charge in [0.2, 0.25) is 5.91 Å². The van der Waals surface area contributed by atoms with E-state index in [9.17, 15) is 4.79 Å². The number of aromatic nitrogens is 1. The Kier molecular flexibility index (Phi) is 6.23. The molecule has 0 aromatic carbocycles. The van der Waals surface area contributed by atoms with E-state index in [2.05, 4.69) is 27.4 Å². The van der Waals surface area contributed by atoms with E-state index in [-0.39, 0.29) is 11.9 Å². The molecule has 0 saturated carbocycles. The Hall–Kier alpha value is -1.70. The average Bonchev–Trinajstić information content (AvgIpc) is 3.34. The summed E-state index contributed by atoms with van der Waals surface area (Å²) in [4.78, 5) is 25.0. The van der Waals surface area contributed by atoms with Gasteiger partial charge in [-0.2, -0.15) is 0 Å². The van der Waals surface area contributed by atoms with Crippen LogP contribution in [0.5, 0.6) is 0 Å². The molecule has 1 atom stereocenters. The van der Waals surface area contributed by atoms with E-state index in [4.69, 9.17) is 0 Å². The number of hydrogen-bond acceptors (Lipinski definition) is 6. The number of thiophene rings is 1. The van der Waals surface area contributed by atoms with Crippen LogP contribution in [-0.2, 0) is 11.3 Å². The van der Waals surface area contributed by atoms with Gasteiger partial charge >= 0.3 is 0 Å². The van der Waals surface area contributed by atoms with Gasteiger partial charge in [-0.05, 0) is 18.4 Å². The summed E-state index contributed by atoms with van der Waals surface area (Å²) in [5, 5.41) is 5.13. The Bertz CT molecular complexity index is 663. The van der Waals surface area contributed by atoms with Crippen LogP contribution in [0.3, 0.4) is 0 Å². The van der Waals surface area contributed by atoms with Crippen molar-refractivity contribution in [3.05, 3.63) is 46.6 Å². The first kappa shape index (κ1) is 18.1. The Morgan fingerprint density at radius 3 is 2.76 bits per heavy atom. The van der Waals surface area contributed by atoms with E-state index in [0.717, 1.165) is 31.3 Å². The van der Waals surface area contributed by atoms with Crippen molar-refractivity contribution in [2.24, 2.45) is 0 Å². The highest BCUT2D eigenvalue weighted by Gasteiger charge is 2.29. The lowest BCUT2D eigenvalue weighted by Crippen LogP contribution is -2.54. The number of hydrogen-bond donors (Lipinski definition) is 0. The van der Waals surface area contributed by atoms with Gasteiger partial charge in [0, 0.05) is 49.2 Å². The Balaban J connectivity index is 1.58. The molecule has 1 aliphatic heterocycles. The molecule has 0 aliphatic carbocycles. The fraction of sp³-hybridized carbons (Fsp3) is 0.444. The molecule has 1 saturated heterocycles. The monoisotopic (exact) mass is 376 g/mol. The van der Waals surface area contributed by atoms with Crippen LogP contribution in [0.1, 0.15) is 11.8 Å². The maximum atomic E-state index is 13.0. The highest BCUT2D eigenvalue weighted by molar-refractivity contribution is 7.13. The van der Waals surface area contributed by atoms with Crippen molar-refractivity contribution in [2.75, 3.05) is 37.6 Å². The van der Waals surface area contributed by atoms with Crippen molar-refractivity contribution < 1.29 is 4.79 Å². The van der Waals surface area contributed by atoms with E-state index >= 15 is 0 Å². The van der Waals surface area contributed by atoms with Gasteiger partial charge in [0.1, 0.15) is 0 Å². The number of anilines is 1. The molecule has 2 aromatic rings. The van der Waals surface area contributed by atoms with Gasteiger partial charge in [-0.1, -0.05) is 12.1 Å². The van der Waals surface area contributed by atoms with Gasteiger partial charge in [0.25, 0.3) is 0 Å². The van der Waals surface area contributed by atoms with Gasteiger partial charge in [-0.25, -0.2) is 4.98 Å². The molecule has 1 unspecified atom stereocenters. The number of piperazine rings is 1. The van der Waals surface area contributed by atoms with Crippen molar-refractivity contribution in [3.63, 3.8) is 0 Å². The number of thiazole rings is 1. The zero-order valence-corrected chi connectivity index (χ0v) is 16.1. The van der Waals surface area contributed by atoms with Gasteiger partial charge in [0.15, 0.2) is 5.13 Å². The van der Waals surface area contributed by atoms with E-state index < -0.39 is 0 Å². The van der Waals surface area contributed by atoms with E-state index in [0.29, 0.717) is 13.1 Å². The molecule has 0 spiro atoms. The molecule has 1 amide bonds. The predicted octanol–water partition coefficient (Wildman–Crippen LogP) is 2.93. The standard InChI is InChI=1S/C18H24N4OS2/c1-3-7-22(14-16-5-4-12-24-16)17(23)15(2)20-8-10-21(11-9-20)18-19-6-13-25-18/h3-6,12-13,15H,1,7-11,14H2,2H3. The topological polar surface area (TPSA) is 39.7 Å². The van der Waals surface area contributed by atoms with Gasteiger partial charge in [0.05, 0.1) is 12.6 Å². The van der Waals surface area contributed by atoms with Crippen LogP contribution in [0.4, 0.5) is 5.13 Å². The number of nitrogens with zero attached hydrogens (tertiary/aromatic N) is 4. The minimum Gasteiger partial charge on any atom is -0.346 e. The first-order chi connectivity index (χ1) is 12.2. The van der Waals surface area contributed by atoms with Gasteiger partial charge < -0.3 is 9.80 Å². The minimum atomic E-state index is -0.113. The molecule has 7 heteroatoms. The highest BCUT2D eigenvalue weighted by atomic mass is 32.1. The minimum absolute atomic E-state index is 0.113. The van der Waals surface area contributed by atoms with Gasteiger partial charge in [-0.3, -0.25) is 9.69 Å². The van der Waals surface area contributed by atoms with Crippen LogP contribution in [0.15, 0.2) is 41.7 Å². The lowest BCUT2D eigenvalue weighted by Gasteiger charge is -2.38. The maximum Gasteiger partial charge on any atom is 0.240 e. The van der Waals surface area contributed by atoms with Crippen LogP contribution in [-0.4, -0.2) is 59.5 Å². The second kappa shape index (κ2) is 8.60. The highest BCUT2D eigenvalue weighted by Crippen LogP contribution is 2.20. The van der Waals surface area contributed by atoms with Crippen LogP contribution < -0.4 is 4.90 Å². The summed E-state index contributed by atoms with van der Waals surface area (Å²) in [6.45, 7) is 10.7. The van der Waals surface area contributed by atoms with Crippen LogP contribution >= 0.6 is 22.7 Å². The molecule has 134 valence electrons. The quantitative estimate of drug-likeness (QED) is 0.697. The lowest BCUT2D eigenvalue weighted by atomic mass is 10.2. The lowest BCUT2D eigenvalue weighted by molar-refractivity contribution is -0.136. The maximum absolute atomic E-state index is 13.0. The van der Waals surface area contributed by atoms with E-state index in [1.165, 1.54) is 4.88 Å². The van der Waals surface area contributed by atoms with E-state index in [1.807, 2.05) is 34.8 Å². The van der Waals surface area contributed by atoms with Gasteiger partial charge in [-0.15, -0.1) is 29.3 Å². The smallest absolute Gasteiger partial charge is 0.240 e. The number of carbonyl (C=O) groups is 1. The molecule has 0 N–H and O–H groups in total. The van der Waals surface area contributed by atoms with Crippen molar-refractivity contribution in [1.82, 2.24) is 14.8 Å². The molecule has 25 heavy (non-hydrogen) atoms. The molecule has 1 aliphatic rings. The molecule has 3 rings (SSSR count). The normalized spacial score (nSPS) is 16.6. The summed E-state index contributed by atoms with van der Waals surface area (Å²) in [5.74, 6) is 0.177. The SMILES string of the molecule is C=CCN(Cc1cccs1)C(=O)C(C)N1CCN(c2nccs2)CC1. The molecule has 0 radical (unpaired) electrons. The van der Waals surface area contributed by atoms with Crippen molar-refractivity contribution in [3.8, 4) is 0 Å². The molecule has 0 bridgehead atoms. The summed E-state index contributed by atoms with van der Waals surface area (Å²) in [6.07, 6.45) is 3.65. The zero-order chi connectivity index (χ0) is 17.6. The Morgan fingerprint density at radius 1 is 1.36 bits per heavy atom. The first-order valence-electron chi connectivity index (χ1n) is 8.49. The predicted molar refractivity (Wildman–Crippen MR) is 105 cm³/mol. The fourth-order valence-electron chi connectivity index (χ4n) is 3.07. The second-order valence-corrected chi connectivity index (χ2v) is 8.01. The molecule has 1 fully saturated rings. The summed E-state index contributed by atoms with van der Waals surface area (Å²) < 4.78 is 0. The van der Waals surface area contributed by atoms with Crippen LogP contribution in [0.2, 0.25) is 0 Å². The van der Waals surface area contributed by atoms with Crippen molar-refractivity contribution in [1.29, 1.82) is 0 Å². The summed E-state index contributed by atoms with van der Waals surface area (Å²) in [6, 6.07) is 3.99. The fourth-order valence-corrected chi connectivity index (χ4v) is 4.49. The van der Waals surface area contributed by atoms with Crippen LogP contribution in [0, 0.1) is 0 Å². The largest absolute Gasteiger partial charge is 0.346 e.